The summed E-state index contributed by atoms with van der Waals surface area (Å²) in [6.45, 7) is 1.33. The maximum absolute atomic E-state index is 5.80. The molecule has 0 aromatic rings. The van der Waals surface area contributed by atoms with Crippen molar-refractivity contribution in [2.45, 2.75) is 19.1 Å². The minimum Gasteiger partial charge on any atom is -0.391 e. The molecule has 0 spiro atoms. The molecule has 1 saturated heterocycles. The third kappa shape index (κ3) is 1.86. The molecule has 0 aromatic heterocycles. The van der Waals surface area contributed by atoms with Crippen LogP contribution in [0.15, 0.2) is 22.8 Å². The van der Waals surface area contributed by atoms with E-state index in [9.17, 15) is 0 Å². The van der Waals surface area contributed by atoms with Crippen LogP contribution in [0.4, 0.5) is 0 Å². The van der Waals surface area contributed by atoms with Gasteiger partial charge in [-0.3, -0.25) is 0 Å². The van der Waals surface area contributed by atoms with Crippen LogP contribution in [0, 0.1) is 0 Å². The Labute approximate surface area is 85.6 Å². The third-order valence-electron chi connectivity index (χ3n) is 2.53. The van der Waals surface area contributed by atoms with Crippen LogP contribution in [0.1, 0.15) is 12.8 Å². The molecule has 0 amide bonds. The molecule has 1 N–H and O–H groups in total. The number of nitrogens with one attached hydrogen (secondary N) is 1. The molecule has 3 nitrogen and oxygen atoms in total. The molecule has 74 valence electrons. The van der Waals surface area contributed by atoms with Crippen LogP contribution >= 0.6 is 0 Å². The van der Waals surface area contributed by atoms with Crippen LogP contribution in [-0.2, 0) is 9.47 Å². The van der Waals surface area contributed by atoms with Gasteiger partial charge in [0, 0.05) is 18.3 Å². The summed E-state index contributed by atoms with van der Waals surface area (Å²) in [6.07, 6.45) is 3.59. The van der Waals surface area contributed by atoms with Gasteiger partial charge in [0.15, 0.2) is 6.29 Å². The van der Waals surface area contributed by atoms with Crippen molar-refractivity contribution in [3.63, 3.8) is 0 Å². The first-order valence-corrected chi connectivity index (χ1v) is 4.91. The first kappa shape index (κ1) is 9.81. The summed E-state index contributed by atoms with van der Waals surface area (Å²) >= 11 is 0. The second kappa shape index (κ2) is 4.19. The summed E-state index contributed by atoms with van der Waals surface area (Å²) in [5.41, 5.74) is 3.12. The summed E-state index contributed by atoms with van der Waals surface area (Å²) in [4.78, 5) is 0. The topological polar surface area (TPSA) is 30.5 Å². The number of allylic oxidation sites excluding steroid dienone is 2. The van der Waals surface area contributed by atoms with Gasteiger partial charge in [0.25, 0.3) is 0 Å². The number of hydrogen-bond acceptors (Lipinski definition) is 3. The number of hydrogen-bond donors (Lipinski definition) is 1. The maximum Gasteiger partial charge on any atom is 0.185 e. The molecule has 4 heteroatoms. The average Bonchev–Trinajstić information content (AvgIpc) is 2.70. The van der Waals surface area contributed by atoms with Gasteiger partial charge < -0.3 is 14.8 Å². The van der Waals surface area contributed by atoms with Crippen LogP contribution in [0.3, 0.4) is 0 Å². The lowest BCUT2D eigenvalue weighted by atomic mass is 9.84. The largest absolute Gasteiger partial charge is 0.391 e. The van der Waals surface area contributed by atoms with E-state index in [-0.39, 0.29) is 6.29 Å². The Bertz CT molecular complexity index is 280. The first-order chi connectivity index (χ1) is 6.81. The number of rotatable bonds is 2. The molecule has 0 bridgehead atoms. The van der Waals surface area contributed by atoms with E-state index in [0.717, 1.165) is 23.9 Å². The Morgan fingerprint density at radius 3 is 2.71 bits per heavy atom. The Balaban J connectivity index is 2.22. The van der Waals surface area contributed by atoms with Gasteiger partial charge in [0.05, 0.1) is 13.2 Å². The summed E-state index contributed by atoms with van der Waals surface area (Å²) in [5, 5.41) is 3.17. The second-order valence-electron chi connectivity index (χ2n) is 3.48. The van der Waals surface area contributed by atoms with E-state index in [1.54, 1.807) is 0 Å². The van der Waals surface area contributed by atoms with Gasteiger partial charge >= 0.3 is 0 Å². The van der Waals surface area contributed by atoms with Gasteiger partial charge in [0.1, 0.15) is 7.85 Å². The summed E-state index contributed by atoms with van der Waals surface area (Å²) in [5.74, 6) is 0. The van der Waals surface area contributed by atoms with Gasteiger partial charge in [-0.1, -0.05) is 6.08 Å². The van der Waals surface area contributed by atoms with Crippen molar-refractivity contribution in [2.75, 3.05) is 20.3 Å². The van der Waals surface area contributed by atoms with E-state index in [2.05, 4.69) is 5.32 Å². The van der Waals surface area contributed by atoms with Crippen LogP contribution in [0.2, 0.25) is 0 Å². The summed E-state index contributed by atoms with van der Waals surface area (Å²) in [7, 11) is 7.71. The minimum absolute atomic E-state index is 0.226. The van der Waals surface area contributed by atoms with E-state index in [1.165, 1.54) is 5.70 Å². The molecule has 2 radical (unpaired) electrons. The van der Waals surface area contributed by atoms with Gasteiger partial charge in [-0.05, 0) is 12.8 Å². The average molecular weight is 191 g/mol. The zero-order chi connectivity index (χ0) is 9.97. The SMILES string of the molecule is [B]C1=CC(C2OCCO2)=C(NC)CC1. The fraction of sp³-hybridized carbons (Fsp3) is 0.600. The summed E-state index contributed by atoms with van der Waals surface area (Å²) in [6, 6.07) is 0. The molecule has 2 rings (SSSR count). The van der Waals surface area contributed by atoms with E-state index in [4.69, 9.17) is 17.3 Å². The molecule has 0 atom stereocenters. The normalized spacial score (nSPS) is 23.9. The van der Waals surface area contributed by atoms with Crippen molar-refractivity contribution in [1.82, 2.24) is 5.32 Å². The van der Waals surface area contributed by atoms with Crippen LogP contribution in [0.5, 0.6) is 0 Å². The van der Waals surface area contributed by atoms with E-state index >= 15 is 0 Å². The first-order valence-electron chi connectivity index (χ1n) is 4.91. The number of ether oxygens (including phenoxy) is 2. The molecular weight excluding hydrogens is 177 g/mol. The smallest absolute Gasteiger partial charge is 0.185 e. The Kier molecular flexibility index (Phi) is 2.94. The zero-order valence-electron chi connectivity index (χ0n) is 8.38. The van der Waals surface area contributed by atoms with Crippen LogP contribution < -0.4 is 5.32 Å². The lowest BCUT2D eigenvalue weighted by molar-refractivity contribution is -0.00970. The van der Waals surface area contributed by atoms with Gasteiger partial charge in [0.2, 0.25) is 0 Å². The van der Waals surface area contributed by atoms with Gasteiger partial charge in [-0.25, -0.2) is 0 Å². The predicted molar refractivity (Wildman–Crippen MR) is 54.8 cm³/mol. The lowest BCUT2D eigenvalue weighted by Gasteiger charge is -2.21. The maximum atomic E-state index is 5.80. The lowest BCUT2D eigenvalue weighted by Crippen LogP contribution is -2.21. The van der Waals surface area contributed by atoms with Crippen LogP contribution in [-0.4, -0.2) is 34.4 Å². The van der Waals surface area contributed by atoms with E-state index < -0.39 is 0 Å². The van der Waals surface area contributed by atoms with E-state index in [1.807, 2.05) is 13.1 Å². The fourth-order valence-corrected chi connectivity index (χ4v) is 1.79. The van der Waals surface area contributed by atoms with Crippen molar-refractivity contribution in [1.29, 1.82) is 0 Å². The molecule has 2 aliphatic rings. The third-order valence-corrected chi connectivity index (χ3v) is 2.53. The molecular formula is C10H14BNO2. The molecule has 0 unspecified atom stereocenters. The Morgan fingerprint density at radius 1 is 1.36 bits per heavy atom. The monoisotopic (exact) mass is 191 g/mol. The van der Waals surface area contributed by atoms with Crippen molar-refractivity contribution < 1.29 is 9.47 Å². The highest BCUT2D eigenvalue weighted by atomic mass is 16.7. The van der Waals surface area contributed by atoms with Gasteiger partial charge in [-0.15, -0.1) is 5.47 Å². The standard InChI is InChI=1S/C10H14BNO2/c1-12-9-3-2-7(11)6-8(9)10-13-4-5-14-10/h6,10,12H,2-5H2,1H3. The fourth-order valence-electron chi connectivity index (χ4n) is 1.79. The molecule has 14 heavy (non-hydrogen) atoms. The highest BCUT2D eigenvalue weighted by molar-refractivity contribution is 6.21. The highest BCUT2D eigenvalue weighted by Gasteiger charge is 2.24. The van der Waals surface area contributed by atoms with Crippen molar-refractivity contribution in [3.8, 4) is 0 Å². The zero-order valence-corrected chi connectivity index (χ0v) is 8.38. The van der Waals surface area contributed by atoms with Crippen molar-refractivity contribution in [2.24, 2.45) is 0 Å². The quantitative estimate of drug-likeness (QED) is 0.651. The summed E-state index contributed by atoms with van der Waals surface area (Å²) < 4.78 is 10.9. The molecule has 1 fully saturated rings. The van der Waals surface area contributed by atoms with E-state index in [0.29, 0.717) is 13.2 Å². The second-order valence-corrected chi connectivity index (χ2v) is 3.48. The van der Waals surface area contributed by atoms with Gasteiger partial charge in [-0.2, -0.15) is 0 Å². The molecule has 1 aliphatic carbocycles. The molecule has 0 saturated carbocycles. The highest BCUT2D eigenvalue weighted by Crippen LogP contribution is 2.26. The molecule has 1 aliphatic heterocycles. The minimum atomic E-state index is -0.226. The Hall–Kier alpha value is -0.735. The van der Waals surface area contributed by atoms with Crippen molar-refractivity contribution >= 4 is 7.85 Å². The molecule has 0 aromatic carbocycles. The molecule has 1 heterocycles. The van der Waals surface area contributed by atoms with Crippen LogP contribution in [0.25, 0.3) is 0 Å². The van der Waals surface area contributed by atoms with Crippen molar-refractivity contribution in [3.05, 3.63) is 22.8 Å². The Morgan fingerprint density at radius 2 is 2.07 bits per heavy atom. The predicted octanol–water partition coefficient (Wildman–Crippen LogP) is 0.679.